The van der Waals surface area contributed by atoms with Gasteiger partial charge in [0, 0.05) is 17.1 Å². The van der Waals surface area contributed by atoms with E-state index in [1.165, 1.54) is 6.33 Å². The first-order valence-electron chi connectivity index (χ1n) is 6.72. The SMILES string of the molecule is CC(C)(C)Nc1ncnc(NCc2ccc(Cl)cc2)c1N. The van der Waals surface area contributed by atoms with Gasteiger partial charge in [-0.15, -0.1) is 0 Å². The van der Waals surface area contributed by atoms with E-state index in [2.05, 4.69) is 41.4 Å². The number of nitrogens with two attached hydrogens (primary N) is 1. The second-order valence-electron chi connectivity index (χ2n) is 5.84. The van der Waals surface area contributed by atoms with Gasteiger partial charge in [0.2, 0.25) is 0 Å². The average molecular weight is 306 g/mol. The summed E-state index contributed by atoms with van der Waals surface area (Å²) in [4.78, 5) is 8.37. The fourth-order valence-electron chi connectivity index (χ4n) is 1.78. The Morgan fingerprint density at radius 1 is 1.10 bits per heavy atom. The van der Waals surface area contributed by atoms with Crippen LogP contribution in [0.2, 0.25) is 5.02 Å². The van der Waals surface area contributed by atoms with Gasteiger partial charge in [-0.25, -0.2) is 9.97 Å². The van der Waals surface area contributed by atoms with Crippen molar-refractivity contribution in [2.24, 2.45) is 0 Å². The monoisotopic (exact) mass is 305 g/mol. The molecule has 2 aromatic rings. The summed E-state index contributed by atoms with van der Waals surface area (Å²) in [5.74, 6) is 1.25. The summed E-state index contributed by atoms with van der Waals surface area (Å²) in [5, 5.41) is 7.20. The van der Waals surface area contributed by atoms with E-state index >= 15 is 0 Å². The number of rotatable bonds is 4. The predicted molar refractivity (Wildman–Crippen MR) is 88.6 cm³/mol. The minimum Gasteiger partial charge on any atom is -0.393 e. The van der Waals surface area contributed by atoms with E-state index in [1.54, 1.807) is 0 Å². The van der Waals surface area contributed by atoms with Crippen LogP contribution in [0.5, 0.6) is 0 Å². The van der Waals surface area contributed by atoms with Crippen LogP contribution in [-0.4, -0.2) is 15.5 Å². The molecule has 0 atom stereocenters. The molecule has 1 heterocycles. The minimum absolute atomic E-state index is 0.115. The zero-order valence-corrected chi connectivity index (χ0v) is 13.2. The summed E-state index contributed by atoms with van der Waals surface area (Å²) in [6.45, 7) is 6.77. The molecule has 21 heavy (non-hydrogen) atoms. The van der Waals surface area contributed by atoms with Crippen LogP contribution in [0.4, 0.5) is 17.3 Å². The molecule has 0 aliphatic rings. The minimum atomic E-state index is -0.115. The second-order valence-corrected chi connectivity index (χ2v) is 6.28. The quantitative estimate of drug-likeness (QED) is 0.805. The molecule has 0 saturated carbocycles. The topological polar surface area (TPSA) is 75.9 Å². The Labute approximate surface area is 129 Å². The molecule has 6 heteroatoms. The third-order valence-electron chi connectivity index (χ3n) is 2.75. The van der Waals surface area contributed by atoms with Crippen molar-refractivity contribution in [3.63, 3.8) is 0 Å². The number of nitrogen functional groups attached to an aromatic ring is 1. The van der Waals surface area contributed by atoms with Crippen molar-refractivity contribution in [1.29, 1.82) is 0 Å². The molecular formula is C15H20ClN5. The highest BCUT2D eigenvalue weighted by molar-refractivity contribution is 6.30. The molecule has 0 spiro atoms. The lowest BCUT2D eigenvalue weighted by atomic mass is 10.1. The number of nitrogens with one attached hydrogen (secondary N) is 2. The molecule has 0 unspecified atom stereocenters. The number of hydrogen-bond donors (Lipinski definition) is 3. The number of anilines is 3. The van der Waals surface area contributed by atoms with Gasteiger partial charge in [-0.1, -0.05) is 23.7 Å². The summed E-state index contributed by atoms with van der Waals surface area (Å²) >= 11 is 5.87. The Morgan fingerprint density at radius 3 is 2.33 bits per heavy atom. The smallest absolute Gasteiger partial charge is 0.155 e. The third-order valence-corrected chi connectivity index (χ3v) is 3.00. The Balaban J connectivity index is 2.10. The van der Waals surface area contributed by atoms with Crippen LogP contribution in [0.3, 0.4) is 0 Å². The van der Waals surface area contributed by atoms with Crippen LogP contribution >= 0.6 is 11.6 Å². The number of hydrogen-bond acceptors (Lipinski definition) is 5. The van der Waals surface area contributed by atoms with Crippen LogP contribution < -0.4 is 16.4 Å². The van der Waals surface area contributed by atoms with Crippen molar-refractivity contribution in [3.05, 3.63) is 41.2 Å². The van der Waals surface area contributed by atoms with E-state index in [4.69, 9.17) is 17.3 Å². The van der Waals surface area contributed by atoms with Crippen LogP contribution in [0.1, 0.15) is 26.3 Å². The highest BCUT2D eigenvalue weighted by atomic mass is 35.5. The predicted octanol–water partition coefficient (Wildman–Crippen LogP) is 3.53. The molecule has 1 aromatic carbocycles. The molecular weight excluding hydrogens is 286 g/mol. The first-order chi connectivity index (χ1) is 9.85. The summed E-state index contributed by atoms with van der Waals surface area (Å²) in [7, 11) is 0. The zero-order valence-electron chi connectivity index (χ0n) is 12.4. The summed E-state index contributed by atoms with van der Waals surface area (Å²) in [5.41, 5.74) is 7.61. The van der Waals surface area contributed by atoms with Gasteiger partial charge >= 0.3 is 0 Å². The Bertz CT molecular complexity index is 604. The summed E-state index contributed by atoms with van der Waals surface area (Å²) < 4.78 is 0. The lowest BCUT2D eigenvalue weighted by Gasteiger charge is -2.22. The van der Waals surface area contributed by atoms with Crippen molar-refractivity contribution < 1.29 is 0 Å². The third kappa shape index (κ3) is 4.49. The van der Waals surface area contributed by atoms with E-state index in [-0.39, 0.29) is 5.54 Å². The normalized spacial score (nSPS) is 11.2. The molecule has 0 aliphatic carbocycles. The molecule has 0 saturated heterocycles. The van der Waals surface area contributed by atoms with E-state index in [0.29, 0.717) is 23.9 Å². The maximum atomic E-state index is 6.11. The lowest BCUT2D eigenvalue weighted by Crippen LogP contribution is -2.27. The highest BCUT2D eigenvalue weighted by Crippen LogP contribution is 2.25. The molecule has 1 aromatic heterocycles. The number of aromatic nitrogens is 2. The molecule has 0 bridgehead atoms. The number of halogens is 1. The van der Waals surface area contributed by atoms with E-state index in [0.717, 1.165) is 10.6 Å². The number of nitrogens with zero attached hydrogens (tertiary/aromatic N) is 2. The fraction of sp³-hybridized carbons (Fsp3) is 0.333. The zero-order chi connectivity index (χ0) is 15.5. The van der Waals surface area contributed by atoms with E-state index in [1.807, 2.05) is 24.3 Å². The van der Waals surface area contributed by atoms with Crippen molar-refractivity contribution in [2.45, 2.75) is 32.9 Å². The fourth-order valence-corrected chi connectivity index (χ4v) is 1.91. The first kappa shape index (κ1) is 15.4. The van der Waals surface area contributed by atoms with Crippen LogP contribution in [0.15, 0.2) is 30.6 Å². The van der Waals surface area contributed by atoms with Gasteiger partial charge in [-0.3, -0.25) is 0 Å². The van der Waals surface area contributed by atoms with Gasteiger partial charge in [-0.05, 0) is 38.5 Å². The number of benzene rings is 1. The van der Waals surface area contributed by atoms with Crippen LogP contribution in [-0.2, 0) is 6.54 Å². The van der Waals surface area contributed by atoms with E-state index in [9.17, 15) is 0 Å². The summed E-state index contributed by atoms with van der Waals surface area (Å²) in [6, 6.07) is 7.63. The Kier molecular flexibility index (Phi) is 4.53. The van der Waals surface area contributed by atoms with Gasteiger partial charge in [-0.2, -0.15) is 0 Å². The van der Waals surface area contributed by atoms with Crippen molar-refractivity contribution in [2.75, 3.05) is 16.4 Å². The maximum Gasteiger partial charge on any atom is 0.155 e. The largest absolute Gasteiger partial charge is 0.393 e. The van der Waals surface area contributed by atoms with Crippen molar-refractivity contribution in [1.82, 2.24) is 9.97 Å². The van der Waals surface area contributed by atoms with Crippen LogP contribution in [0, 0.1) is 0 Å². The molecule has 0 fully saturated rings. The molecule has 0 radical (unpaired) electrons. The van der Waals surface area contributed by atoms with Gasteiger partial charge in [0.05, 0.1) is 0 Å². The maximum absolute atomic E-state index is 6.11. The Morgan fingerprint density at radius 2 is 1.71 bits per heavy atom. The average Bonchev–Trinajstić information content (AvgIpc) is 2.40. The lowest BCUT2D eigenvalue weighted by molar-refractivity contribution is 0.630. The van der Waals surface area contributed by atoms with Gasteiger partial charge in [0.25, 0.3) is 0 Å². The second kappa shape index (κ2) is 6.18. The highest BCUT2D eigenvalue weighted by Gasteiger charge is 2.14. The first-order valence-corrected chi connectivity index (χ1v) is 7.10. The van der Waals surface area contributed by atoms with Gasteiger partial charge < -0.3 is 16.4 Å². The summed E-state index contributed by atoms with van der Waals surface area (Å²) in [6.07, 6.45) is 1.49. The van der Waals surface area contributed by atoms with Crippen molar-refractivity contribution >= 4 is 28.9 Å². The van der Waals surface area contributed by atoms with Gasteiger partial charge in [0.1, 0.15) is 12.0 Å². The Hall–Kier alpha value is -2.01. The molecule has 2 rings (SSSR count). The molecule has 112 valence electrons. The van der Waals surface area contributed by atoms with Crippen LogP contribution in [0.25, 0.3) is 0 Å². The van der Waals surface area contributed by atoms with E-state index < -0.39 is 0 Å². The van der Waals surface area contributed by atoms with Crippen molar-refractivity contribution in [3.8, 4) is 0 Å². The molecule has 0 amide bonds. The standard InChI is InChI=1S/C15H20ClN5/c1-15(2,3)21-14-12(17)13(19-9-20-14)18-8-10-4-6-11(16)7-5-10/h4-7,9H,8,17H2,1-3H3,(H2,18,19,20,21). The molecule has 4 N–H and O–H groups in total. The molecule has 5 nitrogen and oxygen atoms in total. The van der Waals surface area contributed by atoms with Gasteiger partial charge in [0.15, 0.2) is 11.6 Å². The molecule has 0 aliphatic heterocycles.